The smallest absolute Gasteiger partial charge is 0.338 e. The summed E-state index contributed by atoms with van der Waals surface area (Å²) in [5.74, 6) is -0.116. The summed E-state index contributed by atoms with van der Waals surface area (Å²) in [6.45, 7) is -0.0172. The summed E-state index contributed by atoms with van der Waals surface area (Å²) in [7, 11) is 0. The molecule has 0 aromatic heterocycles. The second-order valence-electron chi connectivity index (χ2n) is 11.0. The molecular weight excluding hydrogens is 506 g/mol. The summed E-state index contributed by atoms with van der Waals surface area (Å²) in [5, 5.41) is 0. The van der Waals surface area contributed by atoms with Crippen molar-refractivity contribution in [2.24, 2.45) is 35.5 Å². The fourth-order valence-corrected chi connectivity index (χ4v) is 6.76. The Hall–Kier alpha value is -4.52. The molecule has 40 heavy (non-hydrogen) atoms. The molecule has 2 bridgehead atoms. The highest BCUT2D eigenvalue weighted by atomic mass is 16.5. The molecule has 1 saturated heterocycles. The van der Waals surface area contributed by atoms with Crippen LogP contribution in [0.4, 0.5) is 5.69 Å². The molecule has 8 rings (SSSR count). The molecule has 3 aromatic rings. The molecular formula is C33H27NO6. The Balaban J connectivity index is 0.979. The first-order chi connectivity index (χ1) is 19.5. The Bertz CT molecular complexity index is 1510. The number of hydrogen-bond donors (Lipinski definition) is 0. The van der Waals surface area contributed by atoms with E-state index in [1.165, 1.54) is 11.0 Å². The zero-order valence-corrected chi connectivity index (χ0v) is 21.6. The van der Waals surface area contributed by atoms with Crippen molar-refractivity contribution in [3.05, 3.63) is 108 Å². The fraction of sp³-hybridized carbons (Fsp3) is 0.273. The monoisotopic (exact) mass is 533 g/mol. The molecule has 6 atom stereocenters. The van der Waals surface area contributed by atoms with Gasteiger partial charge in [-0.1, -0.05) is 48.6 Å². The molecule has 1 aliphatic heterocycles. The first kappa shape index (κ1) is 24.5. The molecule has 200 valence electrons. The first-order valence-electron chi connectivity index (χ1n) is 13.6. The summed E-state index contributed by atoms with van der Waals surface area (Å²) in [6, 6.07) is 22.8. The number of esters is 1. The second-order valence-corrected chi connectivity index (χ2v) is 11.0. The predicted octanol–water partition coefficient (Wildman–Crippen LogP) is 4.86. The maximum absolute atomic E-state index is 13.4. The number of carbonyl (C=O) groups excluding carboxylic acids is 4. The number of carbonyl (C=O) groups is 4. The Morgan fingerprint density at radius 1 is 0.775 bits per heavy atom. The van der Waals surface area contributed by atoms with E-state index in [0.717, 1.165) is 12.0 Å². The van der Waals surface area contributed by atoms with Crippen molar-refractivity contribution in [1.82, 2.24) is 0 Å². The lowest BCUT2D eigenvalue weighted by molar-refractivity contribution is -0.124. The van der Waals surface area contributed by atoms with E-state index in [9.17, 15) is 19.2 Å². The van der Waals surface area contributed by atoms with Crippen LogP contribution in [0.15, 0.2) is 91.0 Å². The van der Waals surface area contributed by atoms with Crippen LogP contribution >= 0.6 is 0 Å². The van der Waals surface area contributed by atoms with Crippen LogP contribution < -0.4 is 9.64 Å². The Labute approximate surface area is 231 Å². The number of anilines is 1. The Morgan fingerprint density at radius 2 is 1.45 bits per heavy atom. The van der Waals surface area contributed by atoms with E-state index in [-0.39, 0.29) is 46.8 Å². The van der Waals surface area contributed by atoms with Crippen LogP contribution in [-0.4, -0.2) is 30.2 Å². The lowest BCUT2D eigenvalue weighted by Gasteiger charge is -2.37. The van der Waals surface area contributed by atoms with Crippen LogP contribution in [0.1, 0.15) is 32.7 Å². The van der Waals surface area contributed by atoms with Gasteiger partial charge in [-0.25, -0.2) is 9.69 Å². The minimum atomic E-state index is -0.697. The molecule has 3 aromatic carbocycles. The van der Waals surface area contributed by atoms with Gasteiger partial charge in [0.05, 0.1) is 23.1 Å². The molecule has 3 fully saturated rings. The molecule has 0 N–H and O–H groups in total. The van der Waals surface area contributed by atoms with Gasteiger partial charge in [0, 0.05) is 5.56 Å². The maximum Gasteiger partial charge on any atom is 0.338 e. The first-order valence-corrected chi connectivity index (χ1v) is 13.6. The molecule has 0 spiro atoms. The molecule has 7 heteroatoms. The third-order valence-corrected chi connectivity index (χ3v) is 8.76. The van der Waals surface area contributed by atoms with E-state index in [1.807, 2.05) is 30.3 Å². The maximum atomic E-state index is 13.4. The minimum absolute atomic E-state index is 0.130. The predicted molar refractivity (Wildman–Crippen MR) is 145 cm³/mol. The van der Waals surface area contributed by atoms with Gasteiger partial charge in [-0.3, -0.25) is 14.4 Å². The van der Waals surface area contributed by atoms with Crippen molar-refractivity contribution in [3.8, 4) is 5.75 Å². The van der Waals surface area contributed by atoms with Crippen LogP contribution in [-0.2, 0) is 20.9 Å². The van der Waals surface area contributed by atoms with Crippen LogP contribution in [0, 0.1) is 35.5 Å². The van der Waals surface area contributed by atoms with E-state index in [4.69, 9.17) is 9.47 Å². The fourth-order valence-electron chi connectivity index (χ4n) is 6.76. The number of hydrogen-bond acceptors (Lipinski definition) is 6. The largest absolute Gasteiger partial charge is 0.489 e. The van der Waals surface area contributed by atoms with Gasteiger partial charge in [0.15, 0.2) is 12.4 Å². The number of benzene rings is 3. The van der Waals surface area contributed by atoms with Crippen molar-refractivity contribution >= 4 is 29.3 Å². The zero-order valence-electron chi connectivity index (χ0n) is 21.6. The van der Waals surface area contributed by atoms with E-state index in [0.29, 0.717) is 35.4 Å². The van der Waals surface area contributed by atoms with Crippen LogP contribution in [0.3, 0.4) is 0 Å². The van der Waals surface area contributed by atoms with Gasteiger partial charge < -0.3 is 9.47 Å². The van der Waals surface area contributed by atoms with Gasteiger partial charge >= 0.3 is 5.97 Å². The van der Waals surface area contributed by atoms with Crippen LogP contribution in [0.5, 0.6) is 5.75 Å². The highest BCUT2D eigenvalue weighted by molar-refractivity contribution is 6.23. The van der Waals surface area contributed by atoms with Crippen molar-refractivity contribution in [2.75, 3.05) is 11.5 Å². The van der Waals surface area contributed by atoms with Crippen molar-refractivity contribution in [1.29, 1.82) is 0 Å². The highest BCUT2D eigenvalue weighted by Gasteiger charge is 2.67. The molecule has 0 unspecified atom stereocenters. The van der Waals surface area contributed by atoms with Crippen molar-refractivity contribution in [3.63, 3.8) is 0 Å². The van der Waals surface area contributed by atoms with Gasteiger partial charge in [0.2, 0.25) is 11.8 Å². The number of allylic oxidation sites excluding steroid dienone is 2. The molecule has 5 aliphatic rings. The highest BCUT2D eigenvalue weighted by Crippen LogP contribution is 2.65. The van der Waals surface area contributed by atoms with Crippen LogP contribution in [0.25, 0.3) is 0 Å². The number of ketones is 1. The second kappa shape index (κ2) is 9.59. The van der Waals surface area contributed by atoms with E-state index < -0.39 is 12.6 Å². The molecule has 2 amide bonds. The summed E-state index contributed by atoms with van der Waals surface area (Å²) >= 11 is 0. The summed E-state index contributed by atoms with van der Waals surface area (Å²) in [5.41, 5.74) is 1.97. The standard InChI is InChI=1S/C33H27NO6/c35-28(20-9-11-23(12-10-20)39-17-19-5-2-1-3-6-19)18-40-33(38)21-7-4-8-22(15-21)34-31(36)29-24-13-14-25(27-16-26(24)27)30(29)32(34)37/h1-15,24-27,29-30H,16-18H2/t24-,25-,26-,27-,29+,30+/m1/s1. The normalized spacial score (nSPS) is 27.2. The van der Waals surface area contributed by atoms with Gasteiger partial charge in [-0.05, 0) is 78.1 Å². The summed E-state index contributed by atoms with van der Waals surface area (Å²) < 4.78 is 11.0. The summed E-state index contributed by atoms with van der Waals surface area (Å²) in [4.78, 5) is 53.5. The van der Waals surface area contributed by atoms with Gasteiger partial charge in [-0.2, -0.15) is 0 Å². The molecule has 4 aliphatic carbocycles. The molecule has 2 saturated carbocycles. The van der Waals surface area contributed by atoms with E-state index >= 15 is 0 Å². The van der Waals surface area contributed by atoms with Gasteiger partial charge in [-0.15, -0.1) is 0 Å². The average Bonchev–Trinajstić information content (AvgIpc) is 3.78. The number of ether oxygens (including phenoxy) is 2. The van der Waals surface area contributed by atoms with Crippen LogP contribution in [0.2, 0.25) is 0 Å². The van der Waals surface area contributed by atoms with Gasteiger partial charge in [0.1, 0.15) is 12.4 Å². The lowest BCUT2D eigenvalue weighted by Crippen LogP contribution is -2.40. The number of rotatable bonds is 8. The number of amides is 2. The van der Waals surface area contributed by atoms with Crippen molar-refractivity contribution < 1.29 is 28.7 Å². The zero-order chi connectivity index (χ0) is 27.4. The SMILES string of the molecule is O=C(COC(=O)c1cccc(N2C(=O)[C@H]3[C@@H]4C=C[C@H]([C@H]5C[C@H]45)[C@@H]3C2=O)c1)c1ccc(OCc2ccccc2)cc1. The van der Waals surface area contributed by atoms with E-state index in [2.05, 4.69) is 12.2 Å². The Kier molecular flexibility index (Phi) is 5.88. The molecule has 1 heterocycles. The Morgan fingerprint density at radius 3 is 2.12 bits per heavy atom. The number of Topliss-reactive ketones (excluding diaryl/α,β-unsaturated/α-hetero) is 1. The third kappa shape index (κ3) is 4.13. The average molecular weight is 534 g/mol. The topological polar surface area (TPSA) is 90.0 Å². The molecule has 0 radical (unpaired) electrons. The van der Waals surface area contributed by atoms with Gasteiger partial charge in [0.25, 0.3) is 0 Å². The minimum Gasteiger partial charge on any atom is -0.489 e. The third-order valence-electron chi connectivity index (χ3n) is 8.76. The summed E-state index contributed by atoms with van der Waals surface area (Å²) in [6.07, 6.45) is 5.36. The molecule has 7 nitrogen and oxygen atoms in total. The van der Waals surface area contributed by atoms with E-state index in [1.54, 1.807) is 42.5 Å². The quantitative estimate of drug-likeness (QED) is 0.178. The lowest BCUT2D eigenvalue weighted by atomic mass is 9.63. The number of nitrogens with zero attached hydrogens (tertiary/aromatic N) is 1. The van der Waals surface area contributed by atoms with Crippen molar-refractivity contribution in [2.45, 2.75) is 13.0 Å². The number of imide groups is 1.